The van der Waals surface area contributed by atoms with Gasteiger partial charge in [0.1, 0.15) is 0 Å². The maximum absolute atomic E-state index is 12.2. The number of amides is 1. The minimum absolute atomic E-state index is 0.0733. The van der Waals surface area contributed by atoms with E-state index < -0.39 is 0 Å². The standard InChI is InChI=1S/C16H24N2O/c1-4-6-12-10-15(12)18-16(19)14-8-7-13(17-5-2)9-11(14)3/h7-9,12,15,17H,4-6,10H2,1-3H3,(H,18,19). The minimum Gasteiger partial charge on any atom is -0.385 e. The lowest BCUT2D eigenvalue weighted by molar-refractivity contribution is 0.0948. The smallest absolute Gasteiger partial charge is 0.251 e. The molecular formula is C16H24N2O. The molecule has 0 spiro atoms. The van der Waals surface area contributed by atoms with E-state index in [1.807, 2.05) is 25.1 Å². The molecule has 0 radical (unpaired) electrons. The van der Waals surface area contributed by atoms with Crippen molar-refractivity contribution in [2.45, 2.75) is 46.1 Å². The molecule has 1 saturated carbocycles. The van der Waals surface area contributed by atoms with Crippen LogP contribution in [-0.2, 0) is 0 Å². The first-order valence-electron chi connectivity index (χ1n) is 7.31. The number of carbonyl (C=O) groups is 1. The molecule has 1 fully saturated rings. The normalized spacial score (nSPS) is 21.0. The topological polar surface area (TPSA) is 41.1 Å². The third kappa shape index (κ3) is 3.49. The molecule has 3 nitrogen and oxygen atoms in total. The molecule has 2 atom stereocenters. The van der Waals surface area contributed by atoms with Gasteiger partial charge in [0.05, 0.1) is 0 Å². The van der Waals surface area contributed by atoms with E-state index in [0.717, 1.165) is 29.8 Å². The van der Waals surface area contributed by atoms with Crippen LogP contribution in [0, 0.1) is 12.8 Å². The average Bonchev–Trinajstić information content (AvgIpc) is 3.08. The van der Waals surface area contributed by atoms with Gasteiger partial charge in [0.15, 0.2) is 0 Å². The van der Waals surface area contributed by atoms with Crippen LogP contribution in [0.3, 0.4) is 0 Å². The van der Waals surface area contributed by atoms with Gasteiger partial charge in [-0.1, -0.05) is 13.3 Å². The van der Waals surface area contributed by atoms with Crippen LogP contribution in [0.4, 0.5) is 5.69 Å². The fourth-order valence-corrected chi connectivity index (χ4v) is 2.59. The number of carbonyl (C=O) groups excluding carboxylic acids is 1. The second kappa shape index (κ2) is 6.09. The first kappa shape index (κ1) is 13.9. The van der Waals surface area contributed by atoms with Crippen LogP contribution >= 0.6 is 0 Å². The van der Waals surface area contributed by atoms with E-state index in [4.69, 9.17) is 0 Å². The van der Waals surface area contributed by atoms with Crippen molar-refractivity contribution in [2.24, 2.45) is 5.92 Å². The summed E-state index contributed by atoms with van der Waals surface area (Å²) >= 11 is 0. The summed E-state index contributed by atoms with van der Waals surface area (Å²) in [5.74, 6) is 0.777. The van der Waals surface area contributed by atoms with E-state index in [1.165, 1.54) is 12.8 Å². The van der Waals surface area contributed by atoms with Gasteiger partial charge >= 0.3 is 0 Å². The molecule has 2 rings (SSSR count). The van der Waals surface area contributed by atoms with Gasteiger partial charge in [0.25, 0.3) is 5.91 Å². The Morgan fingerprint density at radius 1 is 1.37 bits per heavy atom. The maximum Gasteiger partial charge on any atom is 0.251 e. The molecule has 1 amide bonds. The molecule has 2 N–H and O–H groups in total. The highest BCUT2D eigenvalue weighted by Crippen LogP contribution is 2.34. The second-order valence-electron chi connectivity index (χ2n) is 5.42. The Hall–Kier alpha value is -1.51. The number of hydrogen-bond acceptors (Lipinski definition) is 2. The van der Waals surface area contributed by atoms with Crippen molar-refractivity contribution < 1.29 is 4.79 Å². The summed E-state index contributed by atoms with van der Waals surface area (Å²) in [6, 6.07) is 6.33. The molecular weight excluding hydrogens is 236 g/mol. The second-order valence-corrected chi connectivity index (χ2v) is 5.42. The van der Waals surface area contributed by atoms with Crippen molar-refractivity contribution >= 4 is 11.6 Å². The Morgan fingerprint density at radius 2 is 2.16 bits per heavy atom. The lowest BCUT2D eigenvalue weighted by Gasteiger charge is -2.10. The minimum atomic E-state index is 0.0733. The predicted molar refractivity (Wildman–Crippen MR) is 79.6 cm³/mol. The lowest BCUT2D eigenvalue weighted by atomic mass is 10.1. The first-order valence-corrected chi connectivity index (χ1v) is 7.31. The summed E-state index contributed by atoms with van der Waals surface area (Å²) in [5.41, 5.74) is 2.90. The largest absolute Gasteiger partial charge is 0.385 e. The fraction of sp³-hybridized carbons (Fsp3) is 0.562. The maximum atomic E-state index is 12.2. The molecule has 19 heavy (non-hydrogen) atoms. The van der Waals surface area contributed by atoms with Crippen molar-refractivity contribution in [1.29, 1.82) is 0 Å². The van der Waals surface area contributed by atoms with Gasteiger partial charge in [-0.15, -0.1) is 0 Å². The summed E-state index contributed by atoms with van der Waals surface area (Å²) < 4.78 is 0. The zero-order chi connectivity index (χ0) is 13.8. The Balaban J connectivity index is 1.96. The third-order valence-corrected chi connectivity index (χ3v) is 3.75. The molecule has 1 aliphatic rings. The Bertz CT molecular complexity index is 456. The molecule has 0 saturated heterocycles. The van der Waals surface area contributed by atoms with Gasteiger partial charge in [-0.2, -0.15) is 0 Å². The van der Waals surface area contributed by atoms with E-state index in [9.17, 15) is 4.79 Å². The molecule has 104 valence electrons. The van der Waals surface area contributed by atoms with Crippen LogP contribution in [-0.4, -0.2) is 18.5 Å². The monoisotopic (exact) mass is 260 g/mol. The van der Waals surface area contributed by atoms with Crippen molar-refractivity contribution in [2.75, 3.05) is 11.9 Å². The summed E-state index contributed by atoms with van der Waals surface area (Å²) in [4.78, 5) is 12.2. The van der Waals surface area contributed by atoms with Gasteiger partial charge in [-0.05, 0) is 56.4 Å². The van der Waals surface area contributed by atoms with E-state index in [2.05, 4.69) is 24.5 Å². The number of anilines is 1. The number of aryl methyl sites for hydroxylation is 1. The molecule has 0 heterocycles. The highest BCUT2D eigenvalue weighted by atomic mass is 16.1. The molecule has 0 bridgehead atoms. The quantitative estimate of drug-likeness (QED) is 0.823. The number of benzene rings is 1. The summed E-state index contributed by atoms with van der Waals surface area (Å²) in [6.07, 6.45) is 3.57. The molecule has 2 unspecified atom stereocenters. The number of nitrogens with one attached hydrogen (secondary N) is 2. The molecule has 0 aromatic heterocycles. The Kier molecular flexibility index (Phi) is 4.46. The van der Waals surface area contributed by atoms with Gasteiger partial charge in [0, 0.05) is 23.8 Å². The Labute approximate surface area is 115 Å². The summed E-state index contributed by atoms with van der Waals surface area (Å²) in [5, 5.41) is 6.40. The molecule has 1 aromatic carbocycles. The molecule has 1 aliphatic carbocycles. The van der Waals surface area contributed by atoms with Crippen LogP contribution in [0.2, 0.25) is 0 Å². The highest BCUT2D eigenvalue weighted by molar-refractivity contribution is 5.96. The van der Waals surface area contributed by atoms with Crippen molar-refractivity contribution in [3.8, 4) is 0 Å². The van der Waals surface area contributed by atoms with Crippen molar-refractivity contribution in [1.82, 2.24) is 5.32 Å². The lowest BCUT2D eigenvalue weighted by Crippen LogP contribution is -2.27. The van der Waals surface area contributed by atoms with Crippen LogP contribution in [0.15, 0.2) is 18.2 Å². The van der Waals surface area contributed by atoms with E-state index in [-0.39, 0.29) is 5.91 Å². The zero-order valence-electron chi connectivity index (χ0n) is 12.1. The summed E-state index contributed by atoms with van der Waals surface area (Å²) in [7, 11) is 0. The van der Waals surface area contributed by atoms with Gasteiger partial charge in [-0.3, -0.25) is 4.79 Å². The SMILES string of the molecule is CCCC1CC1NC(=O)c1ccc(NCC)cc1C. The summed E-state index contributed by atoms with van der Waals surface area (Å²) in [6.45, 7) is 7.15. The van der Waals surface area contributed by atoms with Crippen LogP contribution in [0.1, 0.15) is 49.0 Å². The Morgan fingerprint density at radius 3 is 2.79 bits per heavy atom. The van der Waals surface area contributed by atoms with E-state index >= 15 is 0 Å². The van der Waals surface area contributed by atoms with E-state index in [0.29, 0.717) is 12.0 Å². The number of hydrogen-bond donors (Lipinski definition) is 2. The third-order valence-electron chi connectivity index (χ3n) is 3.75. The number of rotatable bonds is 6. The van der Waals surface area contributed by atoms with Crippen LogP contribution < -0.4 is 10.6 Å². The van der Waals surface area contributed by atoms with Gasteiger partial charge in [0.2, 0.25) is 0 Å². The molecule has 3 heteroatoms. The molecule has 1 aromatic rings. The average molecular weight is 260 g/mol. The predicted octanol–water partition coefficient (Wildman–Crippen LogP) is 3.35. The van der Waals surface area contributed by atoms with Gasteiger partial charge in [-0.25, -0.2) is 0 Å². The van der Waals surface area contributed by atoms with Gasteiger partial charge < -0.3 is 10.6 Å². The highest BCUT2D eigenvalue weighted by Gasteiger charge is 2.37. The zero-order valence-corrected chi connectivity index (χ0v) is 12.1. The van der Waals surface area contributed by atoms with E-state index in [1.54, 1.807) is 0 Å². The van der Waals surface area contributed by atoms with Crippen LogP contribution in [0.25, 0.3) is 0 Å². The molecule has 0 aliphatic heterocycles. The van der Waals surface area contributed by atoms with Crippen molar-refractivity contribution in [3.63, 3.8) is 0 Å². The van der Waals surface area contributed by atoms with Crippen LogP contribution in [0.5, 0.6) is 0 Å². The fourth-order valence-electron chi connectivity index (χ4n) is 2.59. The van der Waals surface area contributed by atoms with Crippen molar-refractivity contribution in [3.05, 3.63) is 29.3 Å². The first-order chi connectivity index (χ1) is 9.15.